The van der Waals surface area contributed by atoms with Crippen LogP contribution >= 0.6 is 0 Å². The summed E-state index contributed by atoms with van der Waals surface area (Å²) in [5, 5.41) is 1.16. The summed E-state index contributed by atoms with van der Waals surface area (Å²) in [7, 11) is 0. The molecule has 0 saturated heterocycles. The van der Waals surface area contributed by atoms with Crippen LogP contribution in [0.5, 0.6) is 0 Å². The van der Waals surface area contributed by atoms with Crippen LogP contribution in [0.4, 0.5) is 4.39 Å². The van der Waals surface area contributed by atoms with Gasteiger partial charge < -0.3 is 4.42 Å². The first kappa shape index (κ1) is 8.46. The van der Waals surface area contributed by atoms with Crippen molar-refractivity contribution in [2.24, 2.45) is 0 Å². The zero-order chi connectivity index (χ0) is 8.81. The first-order valence-electron chi connectivity index (χ1n) is 3.34. The molecular weight excluding hydrogens is 159 g/mol. The van der Waals surface area contributed by atoms with Crippen molar-refractivity contribution in [1.29, 1.82) is 0 Å². The smallest absolute Gasteiger partial charge is 0.289 e. The van der Waals surface area contributed by atoms with Crippen molar-refractivity contribution in [3.8, 4) is 0 Å². The largest absolute Gasteiger partial charge is 0.464 e. The highest BCUT2D eigenvalue weighted by Gasteiger charge is 1.89. The van der Waals surface area contributed by atoms with Crippen LogP contribution in [-0.4, -0.2) is 6.54 Å². The van der Waals surface area contributed by atoms with Crippen LogP contribution < -0.4 is 0 Å². The molecule has 0 N–H and O–H groups in total. The number of halogens is 1. The second-order valence-corrected chi connectivity index (χ2v) is 2.05. The molecule has 0 aliphatic heterocycles. The van der Waals surface area contributed by atoms with Gasteiger partial charge in [0.1, 0.15) is 5.58 Å². The minimum Gasteiger partial charge on any atom is -0.464 e. The second kappa shape index (κ2) is 4.28. The van der Waals surface area contributed by atoms with E-state index >= 15 is 0 Å². The van der Waals surface area contributed by atoms with Gasteiger partial charge in [0, 0.05) is 5.39 Å². The fourth-order valence-corrected chi connectivity index (χ4v) is 0.906. The van der Waals surface area contributed by atoms with Crippen molar-refractivity contribution >= 4 is 17.5 Å². The molecule has 0 atom stereocenters. The van der Waals surface area contributed by atoms with Gasteiger partial charge in [0.05, 0.1) is 6.26 Å². The third kappa shape index (κ3) is 1.92. The van der Waals surface area contributed by atoms with E-state index in [1.54, 1.807) is 6.26 Å². The molecule has 0 radical (unpaired) electrons. The molecule has 2 rings (SSSR count). The standard InChI is InChI=1S/C8H6O.CHFO/c1-2-4-8-7(3-1)5-6-9-8;2-1-3/h1-6H;1H. The fourth-order valence-electron chi connectivity index (χ4n) is 0.906. The van der Waals surface area contributed by atoms with E-state index in [1.165, 1.54) is 0 Å². The van der Waals surface area contributed by atoms with Crippen LogP contribution in [0.15, 0.2) is 41.0 Å². The molecular formula is C9H7FO2. The zero-order valence-electron chi connectivity index (χ0n) is 6.24. The predicted molar refractivity (Wildman–Crippen MR) is 44.1 cm³/mol. The van der Waals surface area contributed by atoms with E-state index in [0.717, 1.165) is 11.0 Å². The van der Waals surface area contributed by atoms with E-state index in [2.05, 4.69) is 0 Å². The third-order valence-electron chi connectivity index (χ3n) is 1.36. The molecule has 0 spiro atoms. The Kier molecular flexibility index (Phi) is 3.02. The highest BCUT2D eigenvalue weighted by molar-refractivity contribution is 5.76. The number of hydrogen-bond acceptors (Lipinski definition) is 2. The van der Waals surface area contributed by atoms with Crippen molar-refractivity contribution in [1.82, 2.24) is 0 Å². The summed E-state index contributed by atoms with van der Waals surface area (Å²) in [6.07, 6.45) is 1.70. The summed E-state index contributed by atoms with van der Waals surface area (Å²) >= 11 is 0. The lowest BCUT2D eigenvalue weighted by Crippen LogP contribution is -1.57. The maximum Gasteiger partial charge on any atom is 0.289 e. The summed E-state index contributed by atoms with van der Waals surface area (Å²) in [5.74, 6) is 0. The second-order valence-electron chi connectivity index (χ2n) is 2.05. The monoisotopic (exact) mass is 166 g/mol. The molecule has 0 amide bonds. The molecule has 1 aromatic heterocycles. The van der Waals surface area contributed by atoms with Crippen molar-refractivity contribution < 1.29 is 13.6 Å². The average molecular weight is 166 g/mol. The molecule has 0 bridgehead atoms. The normalized spacial score (nSPS) is 8.75. The van der Waals surface area contributed by atoms with Gasteiger partial charge in [-0.25, -0.2) is 0 Å². The van der Waals surface area contributed by atoms with E-state index in [1.807, 2.05) is 30.3 Å². The SMILES string of the molecule is O=CF.c1ccc2occc2c1. The van der Waals surface area contributed by atoms with Crippen LogP contribution in [0.25, 0.3) is 11.0 Å². The van der Waals surface area contributed by atoms with Gasteiger partial charge >= 0.3 is 0 Å². The summed E-state index contributed by atoms with van der Waals surface area (Å²) in [4.78, 5) is 8.14. The molecule has 2 nitrogen and oxygen atoms in total. The molecule has 0 fully saturated rings. The van der Waals surface area contributed by atoms with Crippen molar-refractivity contribution in [2.45, 2.75) is 0 Å². The number of benzene rings is 1. The van der Waals surface area contributed by atoms with E-state index in [-0.39, 0.29) is 0 Å². The highest BCUT2D eigenvalue weighted by atomic mass is 19.1. The molecule has 0 unspecified atom stereocenters. The number of fused-ring (bicyclic) bond motifs is 1. The molecule has 0 aliphatic carbocycles. The Bertz CT molecular complexity index is 324. The predicted octanol–water partition coefficient (Wildman–Crippen LogP) is 2.58. The van der Waals surface area contributed by atoms with Gasteiger partial charge in [-0.3, -0.25) is 4.79 Å². The van der Waals surface area contributed by atoms with E-state index in [4.69, 9.17) is 9.21 Å². The van der Waals surface area contributed by atoms with Crippen LogP contribution in [0, 0.1) is 0 Å². The molecule has 3 heteroatoms. The van der Waals surface area contributed by atoms with Gasteiger partial charge in [0.15, 0.2) is 0 Å². The quantitative estimate of drug-likeness (QED) is 0.444. The Hall–Kier alpha value is -1.64. The Labute approximate surface area is 68.6 Å². The van der Waals surface area contributed by atoms with Gasteiger partial charge in [-0.1, -0.05) is 18.2 Å². The molecule has 1 aromatic carbocycles. The summed E-state index contributed by atoms with van der Waals surface area (Å²) in [6.45, 7) is -0.750. The van der Waals surface area contributed by atoms with Crippen LogP contribution in [0.1, 0.15) is 0 Å². The lowest BCUT2D eigenvalue weighted by molar-refractivity contribution is 0.510. The van der Waals surface area contributed by atoms with Gasteiger partial charge in [0.2, 0.25) is 0 Å². The Morgan fingerprint density at radius 1 is 1.25 bits per heavy atom. The molecule has 62 valence electrons. The molecule has 2 aromatic rings. The lowest BCUT2D eigenvalue weighted by atomic mass is 10.3. The Morgan fingerprint density at radius 3 is 2.58 bits per heavy atom. The van der Waals surface area contributed by atoms with Crippen molar-refractivity contribution in [2.75, 3.05) is 0 Å². The first-order valence-corrected chi connectivity index (χ1v) is 3.34. The zero-order valence-corrected chi connectivity index (χ0v) is 6.24. The van der Waals surface area contributed by atoms with Gasteiger partial charge in [-0.15, -0.1) is 0 Å². The number of para-hydroxylation sites is 1. The van der Waals surface area contributed by atoms with E-state index in [9.17, 15) is 4.39 Å². The number of hydrogen-bond donors (Lipinski definition) is 0. The summed E-state index contributed by atoms with van der Waals surface area (Å²) < 4.78 is 14.7. The highest BCUT2D eigenvalue weighted by Crippen LogP contribution is 2.12. The van der Waals surface area contributed by atoms with Gasteiger partial charge in [-0.2, -0.15) is 4.39 Å². The van der Waals surface area contributed by atoms with Crippen LogP contribution in [0.2, 0.25) is 0 Å². The number of carbonyl (C=O) groups is 1. The van der Waals surface area contributed by atoms with E-state index < -0.39 is 6.54 Å². The average Bonchev–Trinajstić information content (AvgIpc) is 2.52. The minimum atomic E-state index is -0.750. The van der Waals surface area contributed by atoms with Crippen molar-refractivity contribution in [3.63, 3.8) is 0 Å². The Morgan fingerprint density at radius 2 is 1.92 bits per heavy atom. The van der Waals surface area contributed by atoms with Gasteiger partial charge in [0.25, 0.3) is 6.54 Å². The van der Waals surface area contributed by atoms with Gasteiger partial charge in [-0.05, 0) is 12.1 Å². The summed E-state index contributed by atoms with van der Waals surface area (Å²) in [6, 6.07) is 9.90. The number of furan rings is 1. The lowest BCUT2D eigenvalue weighted by Gasteiger charge is -1.81. The van der Waals surface area contributed by atoms with E-state index in [0.29, 0.717) is 0 Å². The molecule has 0 aliphatic rings. The maximum absolute atomic E-state index is 9.61. The molecule has 12 heavy (non-hydrogen) atoms. The number of rotatable bonds is 0. The summed E-state index contributed by atoms with van der Waals surface area (Å²) in [5.41, 5.74) is 0.956. The van der Waals surface area contributed by atoms with Crippen LogP contribution in [0.3, 0.4) is 0 Å². The molecule has 0 saturated carbocycles. The minimum absolute atomic E-state index is 0.750. The third-order valence-corrected chi connectivity index (χ3v) is 1.36. The van der Waals surface area contributed by atoms with Crippen LogP contribution in [-0.2, 0) is 4.79 Å². The fraction of sp³-hybridized carbons (Fsp3) is 0. The van der Waals surface area contributed by atoms with Crippen molar-refractivity contribution in [3.05, 3.63) is 36.6 Å². The Balaban J connectivity index is 0.000000213. The number of carbonyl (C=O) groups excluding carboxylic acids is 1. The molecule has 1 heterocycles. The maximum atomic E-state index is 9.61. The topological polar surface area (TPSA) is 30.2 Å². The first-order chi connectivity index (χ1) is 5.88.